The summed E-state index contributed by atoms with van der Waals surface area (Å²) in [4.78, 5) is 19.5. The molecule has 0 aliphatic rings. The fourth-order valence-electron chi connectivity index (χ4n) is 1.40. The molecule has 0 aliphatic heterocycles. The highest BCUT2D eigenvalue weighted by molar-refractivity contribution is 5.96. The van der Waals surface area contributed by atoms with Crippen molar-refractivity contribution < 1.29 is 9.90 Å². The SMILES string of the molecule is Cn1ccnc1CNC(=O)c1ccncc1O. The number of nitrogens with one attached hydrogen (secondary N) is 1. The highest BCUT2D eigenvalue weighted by Crippen LogP contribution is 2.13. The Hall–Kier alpha value is -2.37. The average molecular weight is 232 g/mol. The van der Waals surface area contributed by atoms with E-state index < -0.39 is 0 Å². The van der Waals surface area contributed by atoms with Gasteiger partial charge in [0.2, 0.25) is 0 Å². The number of aryl methyl sites for hydroxylation is 1. The number of hydrogen-bond acceptors (Lipinski definition) is 4. The van der Waals surface area contributed by atoms with E-state index in [9.17, 15) is 9.90 Å². The van der Waals surface area contributed by atoms with Crippen molar-refractivity contribution in [3.8, 4) is 5.75 Å². The summed E-state index contributed by atoms with van der Waals surface area (Å²) < 4.78 is 1.81. The molecular weight excluding hydrogens is 220 g/mol. The molecule has 2 aromatic heterocycles. The number of amides is 1. The Labute approximate surface area is 97.9 Å². The lowest BCUT2D eigenvalue weighted by atomic mass is 10.2. The first kappa shape index (κ1) is 11.1. The summed E-state index contributed by atoms with van der Waals surface area (Å²) in [5.74, 6) is 0.254. The second-order valence-corrected chi connectivity index (χ2v) is 3.53. The average Bonchev–Trinajstić information content (AvgIpc) is 2.72. The zero-order valence-electron chi connectivity index (χ0n) is 9.29. The lowest BCUT2D eigenvalue weighted by Gasteiger charge is -2.06. The van der Waals surface area contributed by atoms with Gasteiger partial charge in [-0.2, -0.15) is 0 Å². The van der Waals surface area contributed by atoms with Gasteiger partial charge < -0.3 is 15.0 Å². The Morgan fingerprint density at radius 2 is 2.35 bits per heavy atom. The molecule has 0 unspecified atom stereocenters. The van der Waals surface area contributed by atoms with Gasteiger partial charge in [0.25, 0.3) is 5.91 Å². The highest BCUT2D eigenvalue weighted by atomic mass is 16.3. The number of aromatic nitrogens is 3. The van der Waals surface area contributed by atoms with Crippen molar-refractivity contribution in [2.24, 2.45) is 7.05 Å². The molecule has 0 aliphatic carbocycles. The smallest absolute Gasteiger partial charge is 0.255 e. The monoisotopic (exact) mass is 232 g/mol. The Morgan fingerprint density at radius 3 is 3.00 bits per heavy atom. The summed E-state index contributed by atoms with van der Waals surface area (Å²) in [5, 5.41) is 12.1. The van der Waals surface area contributed by atoms with Crippen molar-refractivity contribution >= 4 is 5.91 Å². The molecule has 88 valence electrons. The Bertz CT molecular complexity index is 536. The number of rotatable bonds is 3. The molecule has 2 N–H and O–H groups in total. The zero-order chi connectivity index (χ0) is 12.3. The molecule has 0 fully saturated rings. The summed E-state index contributed by atoms with van der Waals surface area (Å²) in [6.45, 7) is 0.310. The lowest BCUT2D eigenvalue weighted by molar-refractivity contribution is 0.0947. The van der Waals surface area contributed by atoms with Crippen LogP contribution in [0.2, 0.25) is 0 Å². The molecule has 0 radical (unpaired) electrons. The van der Waals surface area contributed by atoms with Crippen LogP contribution in [-0.4, -0.2) is 25.5 Å². The standard InChI is InChI=1S/C11H12N4O2/c1-15-5-4-13-10(15)7-14-11(17)8-2-3-12-6-9(8)16/h2-6,16H,7H2,1H3,(H,14,17). The Kier molecular flexibility index (Phi) is 3.04. The van der Waals surface area contributed by atoms with Gasteiger partial charge in [-0.05, 0) is 6.07 Å². The third-order valence-corrected chi connectivity index (χ3v) is 2.37. The molecule has 6 nitrogen and oxygen atoms in total. The molecule has 17 heavy (non-hydrogen) atoms. The van der Waals surface area contributed by atoms with Gasteiger partial charge in [-0.15, -0.1) is 0 Å². The normalized spacial score (nSPS) is 10.2. The third kappa shape index (κ3) is 2.41. The van der Waals surface area contributed by atoms with Crippen molar-refractivity contribution in [3.63, 3.8) is 0 Å². The van der Waals surface area contributed by atoms with E-state index in [0.29, 0.717) is 6.54 Å². The molecule has 6 heteroatoms. The van der Waals surface area contributed by atoms with Crippen molar-refractivity contribution in [2.45, 2.75) is 6.54 Å². The van der Waals surface area contributed by atoms with E-state index in [1.165, 1.54) is 18.5 Å². The van der Waals surface area contributed by atoms with Crippen LogP contribution in [0.5, 0.6) is 5.75 Å². The molecule has 2 aromatic rings. The molecule has 2 heterocycles. The van der Waals surface area contributed by atoms with Crippen LogP contribution in [0.4, 0.5) is 0 Å². The Balaban J connectivity index is 2.04. The summed E-state index contributed by atoms with van der Waals surface area (Å²) in [6, 6.07) is 1.46. The van der Waals surface area contributed by atoms with Crippen LogP contribution >= 0.6 is 0 Å². The van der Waals surface area contributed by atoms with Gasteiger partial charge in [0.05, 0.1) is 18.3 Å². The molecule has 0 saturated carbocycles. The predicted molar refractivity (Wildman–Crippen MR) is 60.3 cm³/mol. The first-order chi connectivity index (χ1) is 8.18. The molecule has 0 bridgehead atoms. The van der Waals surface area contributed by atoms with Gasteiger partial charge in [-0.1, -0.05) is 0 Å². The van der Waals surface area contributed by atoms with E-state index in [1.54, 1.807) is 12.4 Å². The van der Waals surface area contributed by atoms with Crippen LogP contribution in [0.15, 0.2) is 30.9 Å². The summed E-state index contributed by atoms with van der Waals surface area (Å²) >= 11 is 0. The summed E-state index contributed by atoms with van der Waals surface area (Å²) in [6.07, 6.45) is 6.14. The molecule has 0 atom stereocenters. The van der Waals surface area contributed by atoms with Crippen LogP contribution in [0.1, 0.15) is 16.2 Å². The first-order valence-corrected chi connectivity index (χ1v) is 5.06. The van der Waals surface area contributed by atoms with Gasteiger partial charge in [-0.3, -0.25) is 9.78 Å². The zero-order valence-corrected chi connectivity index (χ0v) is 9.29. The van der Waals surface area contributed by atoms with E-state index in [-0.39, 0.29) is 17.2 Å². The van der Waals surface area contributed by atoms with E-state index in [0.717, 1.165) is 5.82 Å². The number of carbonyl (C=O) groups excluding carboxylic acids is 1. The van der Waals surface area contributed by atoms with Crippen molar-refractivity contribution in [1.82, 2.24) is 19.9 Å². The molecule has 0 saturated heterocycles. The van der Waals surface area contributed by atoms with Gasteiger partial charge in [-0.25, -0.2) is 4.98 Å². The molecular formula is C11H12N4O2. The molecule has 0 spiro atoms. The quantitative estimate of drug-likeness (QED) is 0.805. The maximum atomic E-state index is 11.7. The van der Waals surface area contributed by atoms with E-state index >= 15 is 0 Å². The minimum Gasteiger partial charge on any atom is -0.505 e. The van der Waals surface area contributed by atoms with Crippen LogP contribution in [0.3, 0.4) is 0 Å². The van der Waals surface area contributed by atoms with Crippen molar-refractivity contribution in [1.29, 1.82) is 0 Å². The first-order valence-electron chi connectivity index (χ1n) is 5.06. The van der Waals surface area contributed by atoms with Gasteiger partial charge in [0, 0.05) is 25.6 Å². The van der Waals surface area contributed by atoms with Crippen LogP contribution in [-0.2, 0) is 13.6 Å². The fraction of sp³-hybridized carbons (Fsp3) is 0.182. The summed E-state index contributed by atoms with van der Waals surface area (Å²) in [5.41, 5.74) is 0.203. The van der Waals surface area contributed by atoms with Crippen LogP contribution in [0.25, 0.3) is 0 Å². The van der Waals surface area contributed by atoms with Crippen LogP contribution in [0, 0.1) is 0 Å². The third-order valence-electron chi connectivity index (χ3n) is 2.37. The minimum atomic E-state index is -0.354. The van der Waals surface area contributed by atoms with Gasteiger partial charge in [0.1, 0.15) is 11.6 Å². The predicted octanol–water partition coefficient (Wildman–Crippen LogP) is 0.451. The maximum Gasteiger partial charge on any atom is 0.255 e. The Morgan fingerprint density at radius 1 is 1.53 bits per heavy atom. The van der Waals surface area contributed by atoms with E-state index in [1.807, 2.05) is 11.6 Å². The maximum absolute atomic E-state index is 11.7. The summed E-state index contributed by atoms with van der Waals surface area (Å²) in [7, 11) is 1.85. The molecule has 0 aromatic carbocycles. The topological polar surface area (TPSA) is 80.0 Å². The number of hydrogen-bond donors (Lipinski definition) is 2. The second-order valence-electron chi connectivity index (χ2n) is 3.53. The number of pyridine rings is 1. The molecule has 2 rings (SSSR count). The van der Waals surface area contributed by atoms with Crippen molar-refractivity contribution in [2.75, 3.05) is 0 Å². The largest absolute Gasteiger partial charge is 0.505 e. The number of nitrogens with zero attached hydrogens (tertiary/aromatic N) is 3. The minimum absolute atomic E-state index is 0.134. The molecule has 1 amide bonds. The van der Waals surface area contributed by atoms with Crippen LogP contribution < -0.4 is 5.32 Å². The van der Waals surface area contributed by atoms with Crippen molar-refractivity contribution in [3.05, 3.63) is 42.2 Å². The van der Waals surface area contributed by atoms with Gasteiger partial charge in [0.15, 0.2) is 0 Å². The fourth-order valence-corrected chi connectivity index (χ4v) is 1.40. The van der Waals surface area contributed by atoms with E-state index in [4.69, 9.17) is 0 Å². The van der Waals surface area contributed by atoms with Gasteiger partial charge >= 0.3 is 0 Å². The lowest BCUT2D eigenvalue weighted by Crippen LogP contribution is -2.24. The number of imidazole rings is 1. The van der Waals surface area contributed by atoms with E-state index in [2.05, 4.69) is 15.3 Å². The number of carbonyl (C=O) groups is 1. The highest BCUT2D eigenvalue weighted by Gasteiger charge is 2.10. The second kappa shape index (κ2) is 4.65. The number of aromatic hydroxyl groups is 1.